The first-order valence-electron chi connectivity index (χ1n) is 16.1. The van der Waals surface area contributed by atoms with Crippen molar-refractivity contribution in [2.45, 2.75) is 161 Å². The molecule has 1 atom stereocenters. The average Bonchev–Trinajstić information content (AvgIpc) is 2.91. The van der Waals surface area contributed by atoms with Crippen LogP contribution in [-0.4, -0.2) is 23.1 Å². The molecular weight excluding hydrogens is 484 g/mol. The van der Waals surface area contributed by atoms with Crippen molar-refractivity contribution in [3.05, 3.63) is 48.6 Å². The zero-order valence-electron chi connectivity index (χ0n) is 25.4. The van der Waals surface area contributed by atoms with E-state index in [0.29, 0.717) is 12.8 Å². The van der Waals surface area contributed by atoms with Crippen LogP contribution in [0.3, 0.4) is 0 Å². The van der Waals surface area contributed by atoms with E-state index in [0.717, 1.165) is 57.8 Å². The van der Waals surface area contributed by atoms with E-state index in [2.05, 4.69) is 62.5 Å². The van der Waals surface area contributed by atoms with Crippen molar-refractivity contribution in [2.75, 3.05) is 0 Å². The maximum absolute atomic E-state index is 12.2. The van der Waals surface area contributed by atoms with Gasteiger partial charge >= 0.3 is 11.9 Å². The molecule has 0 aromatic carbocycles. The van der Waals surface area contributed by atoms with E-state index < -0.39 is 12.1 Å². The summed E-state index contributed by atoms with van der Waals surface area (Å²) < 4.78 is 5.52. The third-order valence-electron chi connectivity index (χ3n) is 6.80. The number of carbonyl (C=O) groups excluding carboxylic acids is 1. The molecule has 224 valence electrons. The highest BCUT2D eigenvalue weighted by molar-refractivity contribution is 5.71. The summed E-state index contributed by atoms with van der Waals surface area (Å²) in [4.78, 5) is 23.4. The van der Waals surface area contributed by atoms with Gasteiger partial charge in [-0.2, -0.15) is 0 Å². The lowest BCUT2D eigenvalue weighted by molar-refractivity contribution is -0.153. The lowest BCUT2D eigenvalue weighted by Gasteiger charge is -2.16. The van der Waals surface area contributed by atoms with E-state index in [1.54, 1.807) is 0 Å². The first kappa shape index (κ1) is 36.9. The number of hydrogen-bond donors (Lipinski definition) is 1. The summed E-state index contributed by atoms with van der Waals surface area (Å²) >= 11 is 0. The van der Waals surface area contributed by atoms with Gasteiger partial charge in [-0.05, 0) is 57.8 Å². The molecule has 0 heterocycles. The molecule has 0 amide bonds. The minimum Gasteiger partial charge on any atom is -0.481 e. The summed E-state index contributed by atoms with van der Waals surface area (Å²) in [6, 6.07) is 0. The molecule has 0 saturated heterocycles. The number of unbranched alkanes of at least 4 members (excludes halogenated alkanes) is 13. The van der Waals surface area contributed by atoms with Crippen LogP contribution in [0.2, 0.25) is 0 Å². The minimum atomic E-state index is -0.897. The van der Waals surface area contributed by atoms with Gasteiger partial charge in [0.05, 0.1) is 6.42 Å². The van der Waals surface area contributed by atoms with E-state index in [1.807, 2.05) is 0 Å². The van der Waals surface area contributed by atoms with Crippen LogP contribution in [-0.2, 0) is 14.3 Å². The largest absolute Gasteiger partial charge is 0.481 e. The summed E-state index contributed by atoms with van der Waals surface area (Å²) in [7, 11) is 0. The lowest BCUT2D eigenvalue weighted by atomic mass is 10.0. The quantitative estimate of drug-likeness (QED) is 0.0604. The Morgan fingerprint density at radius 3 is 1.62 bits per heavy atom. The number of carboxylic acid groups (broad SMARTS) is 1. The second-order valence-corrected chi connectivity index (χ2v) is 10.6. The van der Waals surface area contributed by atoms with Gasteiger partial charge in [0.1, 0.15) is 6.10 Å². The molecule has 0 fully saturated rings. The first-order chi connectivity index (χ1) is 19.1. The Bertz CT molecular complexity index is 674. The Balaban J connectivity index is 3.82. The zero-order chi connectivity index (χ0) is 28.7. The van der Waals surface area contributed by atoms with Crippen molar-refractivity contribution in [1.29, 1.82) is 0 Å². The van der Waals surface area contributed by atoms with Gasteiger partial charge < -0.3 is 9.84 Å². The van der Waals surface area contributed by atoms with Crippen LogP contribution >= 0.6 is 0 Å². The standard InChI is InChI=1S/C35H60O4/c1-3-5-7-9-11-13-15-17-18-19-21-23-25-27-29-31-35(38)39-33(32-34(36)37)30-28-26-24-22-20-16-14-12-10-8-6-4-2/h5,7,11,13,17-18,21,23,33H,3-4,6,8-10,12,14-16,19-20,22,24-32H2,1-2H3,(H,36,37)/b7-5-,13-11-,18-17-,23-21-. The second kappa shape index (κ2) is 30.4. The predicted octanol–water partition coefficient (Wildman–Crippen LogP) is 10.8. The predicted molar refractivity (Wildman–Crippen MR) is 167 cm³/mol. The van der Waals surface area contributed by atoms with Gasteiger partial charge in [0, 0.05) is 6.42 Å². The van der Waals surface area contributed by atoms with Crippen molar-refractivity contribution in [2.24, 2.45) is 0 Å². The molecule has 0 radical (unpaired) electrons. The number of carboxylic acids is 1. The topological polar surface area (TPSA) is 63.6 Å². The normalized spacial score (nSPS) is 12.9. The van der Waals surface area contributed by atoms with Crippen molar-refractivity contribution in [1.82, 2.24) is 0 Å². The highest BCUT2D eigenvalue weighted by Crippen LogP contribution is 2.16. The fourth-order valence-corrected chi connectivity index (χ4v) is 4.48. The smallest absolute Gasteiger partial charge is 0.307 e. The van der Waals surface area contributed by atoms with E-state index in [1.165, 1.54) is 64.2 Å². The summed E-state index contributed by atoms with van der Waals surface area (Å²) in [6.45, 7) is 4.40. The average molecular weight is 545 g/mol. The fraction of sp³-hybridized carbons (Fsp3) is 0.714. The summed E-state index contributed by atoms with van der Waals surface area (Å²) in [5.74, 6) is -1.16. The Morgan fingerprint density at radius 2 is 1.10 bits per heavy atom. The number of aliphatic carboxylic acids is 1. The highest BCUT2D eigenvalue weighted by Gasteiger charge is 2.17. The fourth-order valence-electron chi connectivity index (χ4n) is 4.48. The van der Waals surface area contributed by atoms with Gasteiger partial charge in [-0.3, -0.25) is 9.59 Å². The van der Waals surface area contributed by atoms with Gasteiger partial charge in [0.25, 0.3) is 0 Å². The number of allylic oxidation sites excluding steroid dienone is 8. The van der Waals surface area contributed by atoms with Crippen molar-refractivity contribution in [3.8, 4) is 0 Å². The Morgan fingerprint density at radius 1 is 0.615 bits per heavy atom. The molecule has 1 unspecified atom stereocenters. The molecule has 0 bridgehead atoms. The zero-order valence-corrected chi connectivity index (χ0v) is 25.4. The van der Waals surface area contributed by atoms with Crippen LogP contribution in [0, 0.1) is 0 Å². The van der Waals surface area contributed by atoms with Crippen molar-refractivity contribution in [3.63, 3.8) is 0 Å². The molecule has 0 saturated carbocycles. The molecule has 0 aromatic heterocycles. The molecule has 0 aliphatic rings. The van der Waals surface area contributed by atoms with Gasteiger partial charge in [0.15, 0.2) is 0 Å². The Hall–Kier alpha value is -2.10. The van der Waals surface area contributed by atoms with Crippen LogP contribution in [0.25, 0.3) is 0 Å². The van der Waals surface area contributed by atoms with E-state index in [9.17, 15) is 14.7 Å². The molecule has 0 rings (SSSR count). The van der Waals surface area contributed by atoms with Crippen molar-refractivity contribution < 1.29 is 19.4 Å². The Kier molecular flexibility index (Phi) is 28.8. The molecule has 4 nitrogen and oxygen atoms in total. The third kappa shape index (κ3) is 30.3. The van der Waals surface area contributed by atoms with Crippen molar-refractivity contribution >= 4 is 11.9 Å². The van der Waals surface area contributed by atoms with Crippen LogP contribution in [0.1, 0.15) is 155 Å². The molecular formula is C35H60O4. The minimum absolute atomic E-state index is 0.0915. The van der Waals surface area contributed by atoms with Crippen LogP contribution in [0.15, 0.2) is 48.6 Å². The Labute approximate surface area is 241 Å². The maximum atomic E-state index is 12.2. The monoisotopic (exact) mass is 544 g/mol. The SMILES string of the molecule is CC/C=C\C/C=C\C/C=C\C/C=C\CCCCC(=O)OC(CCCCCCCCCCCCCC)CC(=O)O. The molecule has 0 aromatic rings. The number of carbonyl (C=O) groups is 2. The van der Waals surface area contributed by atoms with Crippen LogP contribution in [0.5, 0.6) is 0 Å². The van der Waals surface area contributed by atoms with Crippen LogP contribution in [0.4, 0.5) is 0 Å². The van der Waals surface area contributed by atoms with Gasteiger partial charge in [0.2, 0.25) is 0 Å². The molecule has 0 spiro atoms. The van der Waals surface area contributed by atoms with E-state index in [4.69, 9.17) is 4.74 Å². The van der Waals surface area contributed by atoms with Gasteiger partial charge in [-0.25, -0.2) is 0 Å². The molecule has 0 aliphatic carbocycles. The lowest BCUT2D eigenvalue weighted by Crippen LogP contribution is -2.21. The number of esters is 1. The van der Waals surface area contributed by atoms with Gasteiger partial charge in [-0.15, -0.1) is 0 Å². The second-order valence-electron chi connectivity index (χ2n) is 10.6. The number of ether oxygens (including phenoxy) is 1. The molecule has 0 aliphatic heterocycles. The summed E-state index contributed by atoms with van der Waals surface area (Å²) in [5, 5.41) is 9.20. The maximum Gasteiger partial charge on any atom is 0.307 e. The van der Waals surface area contributed by atoms with Gasteiger partial charge in [-0.1, -0.05) is 133 Å². The molecule has 1 N–H and O–H groups in total. The van der Waals surface area contributed by atoms with E-state index in [-0.39, 0.29) is 12.4 Å². The molecule has 39 heavy (non-hydrogen) atoms. The number of hydrogen-bond acceptors (Lipinski definition) is 3. The highest BCUT2D eigenvalue weighted by atomic mass is 16.5. The summed E-state index contributed by atoms with van der Waals surface area (Å²) in [6.07, 6.45) is 39.8. The van der Waals surface area contributed by atoms with E-state index >= 15 is 0 Å². The third-order valence-corrected chi connectivity index (χ3v) is 6.80. The van der Waals surface area contributed by atoms with Crippen LogP contribution < -0.4 is 0 Å². The molecule has 4 heteroatoms. The first-order valence-corrected chi connectivity index (χ1v) is 16.1. The number of rotatable bonds is 28. The summed E-state index contributed by atoms with van der Waals surface area (Å²) in [5.41, 5.74) is 0.